The molecule has 2 aromatic heterocycles. The maximum Gasteiger partial charge on any atom is 0.323 e. The first-order valence-corrected chi connectivity index (χ1v) is 9.91. The molecule has 0 saturated carbocycles. The minimum absolute atomic E-state index is 0.152. The summed E-state index contributed by atoms with van der Waals surface area (Å²) in [4.78, 5) is 28.8. The van der Waals surface area contributed by atoms with E-state index in [4.69, 9.17) is 16.3 Å². The van der Waals surface area contributed by atoms with Gasteiger partial charge in [0, 0.05) is 18.0 Å². The molecule has 0 aliphatic carbocycles. The van der Waals surface area contributed by atoms with E-state index in [9.17, 15) is 9.59 Å². The van der Waals surface area contributed by atoms with Crippen LogP contribution in [0.2, 0.25) is 5.02 Å². The molecule has 2 heterocycles. The Morgan fingerprint density at radius 1 is 1.06 bits per heavy atom. The molecule has 0 radical (unpaired) electrons. The molecule has 0 aliphatic heterocycles. The van der Waals surface area contributed by atoms with Gasteiger partial charge in [0.25, 0.3) is 5.56 Å². The lowest BCUT2D eigenvalue weighted by Crippen LogP contribution is -2.20. The van der Waals surface area contributed by atoms with Gasteiger partial charge in [0.1, 0.15) is 18.0 Å². The molecule has 0 saturated heterocycles. The third kappa shape index (κ3) is 4.84. The van der Waals surface area contributed by atoms with E-state index >= 15 is 0 Å². The predicted molar refractivity (Wildman–Crippen MR) is 121 cm³/mol. The molecule has 0 aliphatic rings. The Kier molecular flexibility index (Phi) is 5.86. The third-order valence-electron chi connectivity index (χ3n) is 4.58. The minimum atomic E-state index is -0.397. The van der Waals surface area contributed by atoms with Crippen LogP contribution >= 0.6 is 11.6 Å². The average molecular weight is 435 g/mol. The van der Waals surface area contributed by atoms with Gasteiger partial charge in [-0.2, -0.15) is 0 Å². The summed E-state index contributed by atoms with van der Waals surface area (Å²) < 4.78 is 7.20. The van der Waals surface area contributed by atoms with Crippen molar-refractivity contribution in [1.29, 1.82) is 0 Å². The number of hydrogen-bond donors (Lipinski definition) is 2. The normalized spacial score (nSPS) is 10.6. The number of hydrogen-bond acceptors (Lipinski definition) is 4. The number of pyridine rings is 1. The van der Waals surface area contributed by atoms with E-state index in [0.29, 0.717) is 33.5 Å². The van der Waals surface area contributed by atoms with Crippen molar-refractivity contribution in [3.05, 3.63) is 99.6 Å². The van der Waals surface area contributed by atoms with Crippen LogP contribution in [-0.4, -0.2) is 15.4 Å². The SMILES string of the molecule is Cc1cccc(Cl)c1NC(=O)Nc1ccc(OCc2cc(=O)n3ccccc3n2)cc1. The fourth-order valence-electron chi connectivity index (χ4n) is 3.03. The van der Waals surface area contributed by atoms with E-state index in [2.05, 4.69) is 15.6 Å². The zero-order chi connectivity index (χ0) is 21.8. The van der Waals surface area contributed by atoms with Crippen LogP contribution in [0.5, 0.6) is 5.75 Å². The van der Waals surface area contributed by atoms with Gasteiger partial charge < -0.3 is 15.4 Å². The highest BCUT2D eigenvalue weighted by Gasteiger charge is 2.09. The number of benzene rings is 2. The van der Waals surface area contributed by atoms with Crippen LogP contribution in [0.15, 0.2) is 77.7 Å². The molecule has 2 amide bonds. The molecule has 2 N–H and O–H groups in total. The lowest BCUT2D eigenvalue weighted by molar-refractivity contribution is 0.262. The number of aromatic nitrogens is 2. The molecule has 2 aromatic carbocycles. The van der Waals surface area contributed by atoms with Crippen molar-refractivity contribution in [2.75, 3.05) is 10.6 Å². The zero-order valence-corrected chi connectivity index (χ0v) is 17.4. The maximum atomic E-state index is 12.3. The Morgan fingerprint density at radius 2 is 1.87 bits per heavy atom. The molecular weight excluding hydrogens is 416 g/mol. The van der Waals surface area contributed by atoms with E-state index in [1.165, 1.54) is 10.5 Å². The predicted octanol–water partition coefficient (Wildman–Crippen LogP) is 4.88. The van der Waals surface area contributed by atoms with E-state index in [-0.39, 0.29) is 12.2 Å². The lowest BCUT2D eigenvalue weighted by atomic mass is 10.2. The summed E-state index contributed by atoms with van der Waals surface area (Å²) in [7, 11) is 0. The fraction of sp³-hybridized carbons (Fsp3) is 0.0870. The van der Waals surface area contributed by atoms with Gasteiger partial charge in [-0.1, -0.05) is 29.8 Å². The maximum absolute atomic E-state index is 12.3. The van der Waals surface area contributed by atoms with Crippen LogP contribution in [-0.2, 0) is 6.61 Å². The van der Waals surface area contributed by atoms with Gasteiger partial charge in [-0.15, -0.1) is 0 Å². The van der Waals surface area contributed by atoms with Crippen LogP contribution in [0.4, 0.5) is 16.2 Å². The molecule has 0 bridgehead atoms. The second-order valence-electron chi connectivity index (χ2n) is 6.84. The summed E-state index contributed by atoms with van der Waals surface area (Å²) in [5, 5.41) is 5.98. The topological polar surface area (TPSA) is 84.7 Å². The number of carbonyl (C=O) groups is 1. The second kappa shape index (κ2) is 8.89. The Morgan fingerprint density at radius 3 is 2.65 bits per heavy atom. The number of fused-ring (bicyclic) bond motifs is 1. The smallest absolute Gasteiger partial charge is 0.323 e. The van der Waals surface area contributed by atoms with Crippen molar-refractivity contribution in [2.45, 2.75) is 13.5 Å². The number of rotatable bonds is 5. The molecule has 0 atom stereocenters. The highest BCUT2D eigenvalue weighted by atomic mass is 35.5. The Balaban J connectivity index is 1.37. The second-order valence-corrected chi connectivity index (χ2v) is 7.25. The number of halogens is 1. The molecule has 4 rings (SSSR count). The summed E-state index contributed by atoms with van der Waals surface area (Å²) in [5.74, 6) is 0.586. The summed E-state index contributed by atoms with van der Waals surface area (Å²) in [6, 6.07) is 18.7. The average Bonchev–Trinajstić information content (AvgIpc) is 2.76. The van der Waals surface area contributed by atoms with E-state index in [0.717, 1.165) is 5.56 Å². The monoisotopic (exact) mass is 434 g/mol. The van der Waals surface area contributed by atoms with Crippen LogP contribution in [0, 0.1) is 6.92 Å². The molecule has 31 heavy (non-hydrogen) atoms. The van der Waals surface area contributed by atoms with Crippen molar-refractivity contribution in [1.82, 2.24) is 9.38 Å². The fourth-order valence-corrected chi connectivity index (χ4v) is 3.30. The minimum Gasteiger partial charge on any atom is -0.487 e. The Bertz CT molecular complexity index is 1280. The highest BCUT2D eigenvalue weighted by Crippen LogP contribution is 2.25. The highest BCUT2D eigenvalue weighted by molar-refractivity contribution is 6.34. The van der Waals surface area contributed by atoms with Crippen molar-refractivity contribution >= 4 is 34.7 Å². The van der Waals surface area contributed by atoms with Gasteiger partial charge in [0.15, 0.2) is 0 Å². The number of ether oxygens (including phenoxy) is 1. The van der Waals surface area contributed by atoms with E-state index in [1.807, 2.05) is 25.1 Å². The summed E-state index contributed by atoms with van der Waals surface area (Å²) in [6.07, 6.45) is 1.67. The molecule has 8 heteroatoms. The van der Waals surface area contributed by atoms with Crippen LogP contribution in [0.1, 0.15) is 11.3 Å². The van der Waals surface area contributed by atoms with Crippen LogP contribution in [0.25, 0.3) is 5.65 Å². The number of aryl methyl sites for hydroxylation is 1. The number of carbonyl (C=O) groups excluding carboxylic acids is 1. The number of amides is 2. The van der Waals surface area contributed by atoms with E-state index < -0.39 is 6.03 Å². The van der Waals surface area contributed by atoms with Gasteiger partial charge in [0.05, 0.1) is 16.4 Å². The zero-order valence-electron chi connectivity index (χ0n) is 16.6. The quantitative estimate of drug-likeness (QED) is 0.469. The molecular formula is C23H19ClN4O3. The number of nitrogens with one attached hydrogen (secondary N) is 2. The molecule has 156 valence electrons. The van der Waals surface area contributed by atoms with Gasteiger partial charge in [-0.3, -0.25) is 9.20 Å². The first-order chi connectivity index (χ1) is 15.0. The third-order valence-corrected chi connectivity index (χ3v) is 4.90. The summed E-state index contributed by atoms with van der Waals surface area (Å²) >= 11 is 6.14. The molecule has 4 aromatic rings. The summed E-state index contributed by atoms with van der Waals surface area (Å²) in [5.41, 5.74) is 2.97. The molecule has 7 nitrogen and oxygen atoms in total. The molecule has 0 unspecified atom stereocenters. The first-order valence-electron chi connectivity index (χ1n) is 9.53. The number of nitrogens with zero attached hydrogens (tertiary/aromatic N) is 2. The Labute approximate surface area is 183 Å². The number of para-hydroxylation sites is 1. The molecule has 0 fully saturated rings. The number of urea groups is 1. The number of anilines is 2. The van der Waals surface area contributed by atoms with Gasteiger partial charge in [-0.05, 0) is 55.0 Å². The van der Waals surface area contributed by atoms with Gasteiger partial charge in [-0.25, -0.2) is 9.78 Å². The van der Waals surface area contributed by atoms with Crippen molar-refractivity contribution < 1.29 is 9.53 Å². The lowest BCUT2D eigenvalue weighted by Gasteiger charge is -2.12. The van der Waals surface area contributed by atoms with Gasteiger partial charge >= 0.3 is 6.03 Å². The summed E-state index contributed by atoms with van der Waals surface area (Å²) in [6.45, 7) is 2.02. The van der Waals surface area contributed by atoms with Gasteiger partial charge in [0.2, 0.25) is 0 Å². The van der Waals surface area contributed by atoms with Crippen molar-refractivity contribution in [3.8, 4) is 5.75 Å². The van der Waals surface area contributed by atoms with Crippen molar-refractivity contribution in [2.24, 2.45) is 0 Å². The largest absolute Gasteiger partial charge is 0.487 e. The van der Waals surface area contributed by atoms with Crippen LogP contribution < -0.4 is 20.9 Å². The van der Waals surface area contributed by atoms with Crippen LogP contribution in [0.3, 0.4) is 0 Å². The Hall–Kier alpha value is -3.84. The molecule has 0 spiro atoms. The first kappa shape index (κ1) is 20.4. The van der Waals surface area contributed by atoms with Crippen molar-refractivity contribution in [3.63, 3.8) is 0 Å². The van der Waals surface area contributed by atoms with E-state index in [1.54, 1.807) is 48.7 Å². The standard InChI is InChI=1S/C23H19ClN4O3/c1-15-5-4-6-19(24)22(15)27-23(30)26-16-8-10-18(11-9-16)31-14-17-13-21(29)28-12-3-2-7-20(28)25-17/h2-13H,14H2,1H3,(H2,26,27,30).